The molecule has 0 spiro atoms. The Hall–Kier alpha value is -3.43. The maximum Gasteiger partial charge on any atom is 0.326 e. The van der Waals surface area contributed by atoms with Crippen molar-refractivity contribution in [2.24, 2.45) is 0 Å². The summed E-state index contributed by atoms with van der Waals surface area (Å²) in [6.45, 7) is 2.38. The van der Waals surface area contributed by atoms with Gasteiger partial charge in [-0.05, 0) is 36.2 Å². The lowest BCUT2D eigenvalue weighted by Gasteiger charge is -2.20. The van der Waals surface area contributed by atoms with Crippen LogP contribution in [-0.2, 0) is 11.2 Å². The number of carboxylic acid groups (broad SMARTS) is 1. The van der Waals surface area contributed by atoms with Gasteiger partial charge in [-0.1, -0.05) is 42.3 Å². The number of amides is 1. The van der Waals surface area contributed by atoms with Crippen LogP contribution >= 0.6 is 23.2 Å². The van der Waals surface area contributed by atoms with E-state index < -0.39 is 28.8 Å². The fourth-order valence-corrected chi connectivity index (χ4v) is 3.44. The highest BCUT2D eigenvalue weighted by molar-refractivity contribution is 6.34. The molecule has 0 aliphatic carbocycles. The number of aliphatic carboxylic acids is 1. The van der Waals surface area contributed by atoms with Gasteiger partial charge in [0.25, 0.3) is 16.8 Å². The summed E-state index contributed by atoms with van der Waals surface area (Å²) in [6.07, 6.45) is 0.761. The Morgan fingerprint density at radius 2 is 1.70 bits per heavy atom. The number of hydrogen-bond acceptors (Lipinski definition) is 7. The Labute approximate surface area is 198 Å². The zero-order valence-electron chi connectivity index (χ0n) is 17.4. The van der Waals surface area contributed by atoms with Crippen molar-refractivity contribution >= 4 is 52.1 Å². The van der Waals surface area contributed by atoms with E-state index in [1.807, 2.05) is 6.92 Å². The molecule has 0 aliphatic heterocycles. The van der Waals surface area contributed by atoms with Gasteiger partial charge in [0.2, 0.25) is 0 Å². The Kier molecular flexibility index (Phi) is 7.67. The molecule has 3 rings (SSSR count). The molecule has 1 atom stereocenters. The SMILES string of the molecule is CCCNc1c(N[C@@H](Cc2ccc(C(=O)Nc3ccc(Cl)nc3Cl)cc2)C(=O)O)c(=O)c1=O. The first-order valence-electron chi connectivity index (χ1n) is 10.00. The van der Waals surface area contributed by atoms with Gasteiger partial charge in [0.05, 0.1) is 5.69 Å². The van der Waals surface area contributed by atoms with Crippen LogP contribution in [0.1, 0.15) is 29.3 Å². The summed E-state index contributed by atoms with van der Waals surface area (Å²) in [7, 11) is 0. The number of hydrogen-bond donors (Lipinski definition) is 4. The summed E-state index contributed by atoms with van der Waals surface area (Å²) in [5, 5.41) is 17.9. The maximum atomic E-state index is 12.5. The molecule has 0 unspecified atom stereocenters. The van der Waals surface area contributed by atoms with Gasteiger partial charge in [-0.2, -0.15) is 0 Å². The van der Waals surface area contributed by atoms with E-state index in [0.29, 0.717) is 23.4 Å². The molecule has 3 aromatic rings. The van der Waals surface area contributed by atoms with E-state index in [1.54, 1.807) is 12.1 Å². The minimum Gasteiger partial charge on any atom is -0.480 e. The van der Waals surface area contributed by atoms with Crippen LogP contribution in [0.15, 0.2) is 46.0 Å². The van der Waals surface area contributed by atoms with Crippen LogP contribution in [0, 0.1) is 0 Å². The maximum absolute atomic E-state index is 12.5. The van der Waals surface area contributed by atoms with Gasteiger partial charge in [-0.15, -0.1) is 0 Å². The summed E-state index contributed by atoms with van der Waals surface area (Å²) in [5.41, 5.74) is -0.104. The minimum absolute atomic E-state index is 0.0229. The molecule has 33 heavy (non-hydrogen) atoms. The van der Waals surface area contributed by atoms with Gasteiger partial charge in [-0.3, -0.25) is 14.4 Å². The van der Waals surface area contributed by atoms with Crippen LogP contribution in [0.25, 0.3) is 0 Å². The van der Waals surface area contributed by atoms with E-state index in [9.17, 15) is 24.3 Å². The second-order valence-corrected chi connectivity index (χ2v) is 7.94. The summed E-state index contributed by atoms with van der Waals surface area (Å²) in [4.78, 5) is 51.7. The number of anilines is 3. The molecule has 0 aliphatic rings. The van der Waals surface area contributed by atoms with Crippen LogP contribution in [0.5, 0.6) is 0 Å². The second-order valence-electron chi connectivity index (χ2n) is 7.20. The molecule has 1 amide bonds. The molecule has 2 aromatic carbocycles. The largest absolute Gasteiger partial charge is 0.480 e. The van der Waals surface area contributed by atoms with Crippen molar-refractivity contribution in [1.29, 1.82) is 0 Å². The molecule has 0 fully saturated rings. The lowest BCUT2D eigenvalue weighted by atomic mass is 10.0. The molecule has 0 saturated carbocycles. The predicted molar refractivity (Wildman–Crippen MR) is 128 cm³/mol. The van der Waals surface area contributed by atoms with Crippen molar-refractivity contribution in [3.05, 3.63) is 78.3 Å². The summed E-state index contributed by atoms with van der Waals surface area (Å²) in [6, 6.07) is 8.15. The van der Waals surface area contributed by atoms with E-state index in [-0.39, 0.29) is 28.1 Å². The zero-order valence-corrected chi connectivity index (χ0v) is 19.0. The van der Waals surface area contributed by atoms with Crippen LogP contribution < -0.4 is 26.8 Å². The van der Waals surface area contributed by atoms with E-state index in [0.717, 1.165) is 6.42 Å². The third kappa shape index (κ3) is 5.68. The predicted octanol–water partition coefficient (Wildman–Crippen LogP) is 3.17. The number of carbonyl (C=O) groups is 2. The number of halogens is 2. The van der Waals surface area contributed by atoms with Crippen LogP contribution in [0.2, 0.25) is 10.3 Å². The van der Waals surface area contributed by atoms with Gasteiger partial charge < -0.3 is 21.1 Å². The minimum atomic E-state index is -1.18. The average molecular weight is 491 g/mol. The van der Waals surface area contributed by atoms with Crippen molar-refractivity contribution < 1.29 is 14.7 Å². The number of rotatable bonds is 10. The third-order valence-electron chi connectivity index (χ3n) is 4.80. The molecule has 0 saturated heterocycles. The number of carbonyl (C=O) groups excluding carboxylic acids is 1. The zero-order chi connectivity index (χ0) is 24.1. The summed E-state index contributed by atoms with van der Waals surface area (Å²) >= 11 is 11.7. The fraction of sp³-hybridized carbons (Fsp3) is 0.227. The van der Waals surface area contributed by atoms with Gasteiger partial charge in [0, 0.05) is 18.5 Å². The molecule has 0 radical (unpaired) electrons. The highest BCUT2D eigenvalue weighted by Crippen LogP contribution is 2.22. The van der Waals surface area contributed by atoms with Gasteiger partial charge in [-0.25, -0.2) is 9.78 Å². The van der Waals surface area contributed by atoms with E-state index in [2.05, 4.69) is 20.9 Å². The van der Waals surface area contributed by atoms with E-state index in [1.165, 1.54) is 24.3 Å². The van der Waals surface area contributed by atoms with Crippen molar-refractivity contribution in [2.75, 3.05) is 22.5 Å². The quantitative estimate of drug-likeness (QED) is 0.251. The van der Waals surface area contributed by atoms with E-state index in [4.69, 9.17) is 23.2 Å². The number of aromatic nitrogens is 1. The summed E-state index contributed by atoms with van der Waals surface area (Å²) < 4.78 is 0. The van der Waals surface area contributed by atoms with Gasteiger partial charge in [0.15, 0.2) is 5.15 Å². The molecule has 172 valence electrons. The molecule has 1 heterocycles. The van der Waals surface area contributed by atoms with Crippen LogP contribution in [-0.4, -0.2) is 34.6 Å². The summed E-state index contributed by atoms with van der Waals surface area (Å²) in [5.74, 6) is -1.62. The average Bonchev–Trinajstić information content (AvgIpc) is 2.79. The topological polar surface area (TPSA) is 137 Å². The molecule has 11 heteroatoms. The number of nitrogens with one attached hydrogen (secondary N) is 3. The van der Waals surface area contributed by atoms with Crippen molar-refractivity contribution in [3.8, 4) is 0 Å². The Balaban J connectivity index is 1.69. The smallest absolute Gasteiger partial charge is 0.326 e. The molecular formula is C22H20Cl2N4O5. The lowest BCUT2D eigenvalue weighted by molar-refractivity contribution is -0.137. The molecule has 1 aromatic heterocycles. The first-order chi connectivity index (χ1) is 15.7. The Bertz CT molecular complexity index is 1250. The van der Waals surface area contributed by atoms with Crippen LogP contribution in [0.3, 0.4) is 0 Å². The second kappa shape index (κ2) is 10.5. The molecule has 9 nitrogen and oxygen atoms in total. The fourth-order valence-electron chi connectivity index (χ4n) is 3.05. The third-order valence-corrected chi connectivity index (χ3v) is 5.30. The monoisotopic (exact) mass is 490 g/mol. The first kappa shape index (κ1) is 24.2. The van der Waals surface area contributed by atoms with Crippen LogP contribution in [0.4, 0.5) is 17.1 Å². The number of benzene rings is 1. The number of carboxylic acids is 1. The Morgan fingerprint density at radius 3 is 2.30 bits per heavy atom. The highest BCUT2D eigenvalue weighted by atomic mass is 35.5. The number of nitrogens with zero attached hydrogens (tertiary/aromatic N) is 1. The number of pyridine rings is 1. The van der Waals surface area contributed by atoms with Crippen molar-refractivity contribution in [3.63, 3.8) is 0 Å². The van der Waals surface area contributed by atoms with Crippen molar-refractivity contribution in [2.45, 2.75) is 25.8 Å². The molecular weight excluding hydrogens is 471 g/mol. The normalized spacial score (nSPS) is 11.7. The highest BCUT2D eigenvalue weighted by Gasteiger charge is 2.26. The first-order valence-corrected chi connectivity index (χ1v) is 10.8. The Morgan fingerprint density at radius 1 is 1.03 bits per heavy atom. The van der Waals surface area contributed by atoms with Gasteiger partial charge >= 0.3 is 5.97 Å². The molecule has 0 bridgehead atoms. The standard InChI is InChI=1S/C22H20Cl2N4O5/c1-2-9-25-16-17(19(30)18(16)29)26-14(22(32)33)10-11-3-5-12(6-4-11)21(31)27-13-7-8-15(23)28-20(13)24/h3-8,14,25-26H,2,9-10H2,1H3,(H,27,31)(H,32,33)/t14-/m0/s1. The van der Waals surface area contributed by atoms with E-state index >= 15 is 0 Å². The molecule has 4 N–H and O–H groups in total. The lowest BCUT2D eigenvalue weighted by Crippen LogP contribution is -2.42. The van der Waals surface area contributed by atoms with Gasteiger partial charge in [0.1, 0.15) is 22.6 Å². The van der Waals surface area contributed by atoms with Crippen molar-refractivity contribution in [1.82, 2.24) is 4.98 Å².